The number of rotatable bonds is 3. The van der Waals surface area contributed by atoms with Gasteiger partial charge in [0.05, 0.1) is 24.7 Å². The van der Waals surface area contributed by atoms with Gasteiger partial charge in [0.25, 0.3) is 5.91 Å². The zero-order valence-electron chi connectivity index (χ0n) is 11.7. The van der Waals surface area contributed by atoms with Crippen molar-refractivity contribution in [3.05, 3.63) is 53.1 Å². The van der Waals surface area contributed by atoms with E-state index in [0.717, 1.165) is 17.9 Å². The van der Waals surface area contributed by atoms with Crippen molar-refractivity contribution >= 4 is 15.9 Å². The molecule has 0 spiro atoms. The van der Waals surface area contributed by atoms with Gasteiger partial charge in [0.15, 0.2) is 0 Å². The first-order chi connectivity index (χ1) is 10.3. The largest absolute Gasteiger partial charge is 0.271 e. The summed E-state index contributed by atoms with van der Waals surface area (Å²) in [7, 11) is -3.31. The Morgan fingerprint density at radius 3 is 2.82 bits per heavy atom. The summed E-state index contributed by atoms with van der Waals surface area (Å²) in [5.74, 6) is -1.04. The molecule has 9 heteroatoms. The Balaban J connectivity index is 1.81. The minimum Gasteiger partial charge on any atom is -0.267 e. The van der Waals surface area contributed by atoms with E-state index >= 15 is 0 Å². The SMILES string of the molecule is CS(=O)(=O)N1Cc2cnn(NC(=O)c3cccc(F)c3)c2C1. The molecule has 22 heavy (non-hydrogen) atoms. The normalized spacial score (nSPS) is 14.8. The standard InChI is InChI=1S/C13H13FN4O3S/c1-22(20,21)17-7-10-6-15-18(12(10)8-17)16-13(19)9-3-2-4-11(14)5-9/h2-6H,7-8H2,1H3,(H,16,19). The van der Waals surface area contributed by atoms with Crippen LogP contribution >= 0.6 is 0 Å². The van der Waals surface area contributed by atoms with Gasteiger partial charge < -0.3 is 0 Å². The highest BCUT2D eigenvalue weighted by Crippen LogP contribution is 2.23. The first-order valence-electron chi connectivity index (χ1n) is 6.42. The van der Waals surface area contributed by atoms with Crippen LogP contribution in [0.2, 0.25) is 0 Å². The number of benzene rings is 1. The lowest BCUT2D eigenvalue weighted by Gasteiger charge is -2.13. The van der Waals surface area contributed by atoms with Crippen LogP contribution in [0.5, 0.6) is 0 Å². The first kappa shape index (κ1) is 14.7. The third-order valence-electron chi connectivity index (χ3n) is 3.39. The number of nitrogens with zero attached hydrogens (tertiary/aromatic N) is 3. The number of halogens is 1. The van der Waals surface area contributed by atoms with Crippen LogP contribution in [0.1, 0.15) is 21.6 Å². The molecule has 2 aromatic rings. The summed E-state index contributed by atoms with van der Waals surface area (Å²) in [6.45, 7) is 0.363. The molecule has 1 aromatic carbocycles. The van der Waals surface area contributed by atoms with Crippen molar-refractivity contribution in [1.82, 2.24) is 14.2 Å². The van der Waals surface area contributed by atoms with Gasteiger partial charge in [-0.15, -0.1) is 0 Å². The fourth-order valence-corrected chi connectivity index (χ4v) is 2.97. The molecular formula is C13H13FN4O3S. The van der Waals surface area contributed by atoms with E-state index in [-0.39, 0.29) is 18.7 Å². The molecular weight excluding hydrogens is 311 g/mol. The Labute approximate surface area is 126 Å². The number of carbonyl (C=O) groups is 1. The maximum atomic E-state index is 13.1. The number of hydrogen-bond donors (Lipinski definition) is 1. The average molecular weight is 324 g/mol. The predicted molar refractivity (Wildman–Crippen MR) is 76.4 cm³/mol. The summed E-state index contributed by atoms with van der Waals surface area (Å²) < 4.78 is 37.5. The minimum atomic E-state index is -3.31. The second-order valence-corrected chi connectivity index (χ2v) is 6.99. The number of nitrogens with one attached hydrogen (secondary N) is 1. The van der Waals surface area contributed by atoms with Crippen molar-refractivity contribution in [2.45, 2.75) is 13.1 Å². The van der Waals surface area contributed by atoms with Crippen LogP contribution in [-0.2, 0) is 23.1 Å². The molecule has 116 valence electrons. The van der Waals surface area contributed by atoms with Crippen LogP contribution in [0.4, 0.5) is 4.39 Å². The number of amides is 1. The highest BCUT2D eigenvalue weighted by atomic mass is 32.2. The summed E-state index contributed by atoms with van der Waals surface area (Å²) >= 11 is 0. The third-order valence-corrected chi connectivity index (χ3v) is 4.59. The first-order valence-corrected chi connectivity index (χ1v) is 8.27. The summed E-state index contributed by atoms with van der Waals surface area (Å²) in [4.78, 5) is 13.3. The van der Waals surface area contributed by atoms with Gasteiger partial charge in [0.2, 0.25) is 10.0 Å². The molecule has 1 N–H and O–H groups in total. The lowest BCUT2D eigenvalue weighted by molar-refractivity contribution is 0.100. The Bertz CT molecular complexity index is 847. The fourth-order valence-electron chi connectivity index (χ4n) is 2.24. The molecule has 7 nitrogen and oxygen atoms in total. The molecule has 0 saturated heterocycles. The molecule has 0 saturated carbocycles. The van der Waals surface area contributed by atoms with Crippen LogP contribution in [0.3, 0.4) is 0 Å². The predicted octanol–water partition coefficient (Wildman–Crippen LogP) is 0.681. The van der Waals surface area contributed by atoms with Crippen molar-refractivity contribution in [3.8, 4) is 0 Å². The Kier molecular flexibility index (Phi) is 3.45. The molecule has 1 aliphatic heterocycles. The van der Waals surface area contributed by atoms with E-state index in [1.54, 1.807) is 0 Å². The molecule has 1 aliphatic rings. The Morgan fingerprint density at radius 1 is 1.36 bits per heavy atom. The fraction of sp³-hybridized carbons (Fsp3) is 0.231. The van der Waals surface area contributed by atoms with Crippen LogP contribution < -0.4 is 5.43 Å². The average Bonchev–Trinajstić information content (AvgIpc) is 3.00. The highest BCUT2D eigenvalue weighted by molar-refractivity contribution is 7.88. The summed E-state index contributed by atoms with van der Waals surface area (Å²) in [6.07, 6.45) is 2.63. The van der Waals surface area contributed by atoms with Gasteiger partial charge in [-0.05, 0) is 18.2 Å². The topological polar surface area (TPSA) is 84.3 Å². The molecule has 0 radical (unpaired) electrons. The summed E-state index contributed by atoms with van der Waals surface area (Å²) in [6, 6.07) is 5.27. The van der Waals surface area contributed by atoms with Crippen LogP contribution in [0, 0.1) is 5.82 Å². The second kappa shape index (κ2) is 5.18. The van der Waals surface area contributed by atoms with Crippen LogP contribution in [-0.4, -0.2) is 34.8 Å². The van der Waals surface area contributed by atoms with Gasteiger partial charge in [-0.25, -0.2) is 18.2 Å². The van der Waals surface area contributed by atoms with Crippen molar-refractivity contribution in [3.63, 3.8) is 0 Å². The summed E-state index contributed by atoms with van der Waals surface area (Å²) in [5, 5.41) is 4.01. The number of sulfonamides is 1. The van der Waals surface area contributed by atoms with E-state index in [2.05, 4.69) is 10.5 Å². The van der Waals surface area contributed by atoms with Crippen molar-refractivity contribution in [2.24, 2.45) is 0 Å². The van der Waals surface area contributed by atoms with Gasteiger partial charge in [-0.3, -0.25) is 4.79 Å². The molecule has 1 aromatic heterocycles. The zero-order valence-corrected chi connectivity index (χ0v) is 12.5. The number of fused-ring (bicyclic) bond motifs is 1. The Morgan fingerprint density at radius 2 is 2.14 bits per heavy atom. The van der Waals surface area contributed by atoms with E-state index in [1.807, 2.05) is 0 Å². The maximum Gasteiger partial charge on any atom is 0.271 e. The zero-order chi connectivity index (χ0) is 15.9. The lowest BCUT2D eigenvalue weighted by Crippen LogP contribution is -2.28. The van der Waals surface area contributed by atoms with Gasteiger partial charge in [-0.1, -0.05) is 6.07 Å². The lowest BCUT2D eigenvalue weighted by atomic mass is 10.2. The monoisotopic (exact) mass is 324 g/mol. The number of carbonyl (C=O) groups excluding carboxylic acids is 1. The molecule has 2 heterocycles. The highest BCUT2D eigenvalue weighted by Gasteiger charge is 2.30. The third kappa shape index (κ3) is 2.72. The molecule has 0 unspecified atom stereocenters. The molecule has 3 rings (SSSR count). The summed E-state index contributed by atoms with van der Waals surface area (Å²) in [5.41, 5.74) is 3.99. The van der Waals surface area contributed by atoms with E-state index in [4.69, 9.17) is 0 Å². The van der Waals surface area contributed by atoms with Crippen LogP contribution in [0.25, 0.3) is 0 Å². The van der Waals surface area contributed by atoms with Crippen molar-refractivity contribution in [1.29, 1.82) is 0 Å². The van der Waals surface area contributed by atoms with E-state index in [0.29, 0.717) is 5.69 Å². The van der Waals surface area contributed by atoms with E-state index < -0.39 is 21.7 Å². The molecule has 0 atom stereocenters. The quantitative estimate of drug-likeness (QED) is 0.900. The molecule has 0 fully saturated rings. The minimum absolute atomic E-state index is 0.137. The molecule has 0 bridgehead atoms. The Hall–Kier alpha value is -2.26. The maximum absolute atomic E-state index is 13.1. The smallest absolute Gasteiger partial charge is 0.267 e. The van der Waals surface area contributed by atoms with Crippen LogP contribution in [0.15, 0.2) is 30.5 Å². The van der Waals surface area contributed by atoms with Gasteiger partial charge >= 0.3 is 0 Å². The molecule has 1 amide bonds. The number of hydrogen-bond acceptors (Lipinski definition) is 4. The second-order valence-electron chi connectivity index (χ2n) is 5.01. The van der Waals surface area contributed by atoms with Gasteiger partial charge in [0.1, 0.15) is 5.82 Å². The van der Waals surface area contributed by atoms with Crippen molar-refractivity contribution < 1.29 is 17.6 Å². The van der Waals surface area contributed by atoms with E-state index in [9.17, 15) is 17.6 Å². The van der Waals surface area contributed by atoms with Gasteiger partial charge in [0, 0.05) is 17.7 Å². The van der Waals surface area contributed by atoms with E-state index in [1.165, 1.54) is 33.5 Å². The van der Waals surface area contributed by atoms with Crippen molar-refractivity contribution in [2.75, 3.05) is 11.7 Å². The number of aromatic nitrogens is 2. The van der Waals surface area contributed by atoms with Gasteiger partial charge in [-0.2, -0.15) is 14.2 Å². The molecule has 0 aliphatic carbocycles.